The second-order valence-corrected chi connectivity index (χ2v) is 4.92. The number of nitrogens with zero attached hydrogens (tertiary/aromatic N) is 1. The van der Waals surface area contributed by atoms with E-state index >= 15 is 0 Å². The summed E-state index contributed by atoms with van der Waals surface area (Å²) in [6.07, 6.45) is 3.83. The van der Waals surface area contributed by atoms with E-state index in [0.29, 0.717) is 6.04 Å². The van der Waals surface area contributed by atoms with Crippen LogP contribution in [-0.2, 0) is 0 Å². The predicted molar refractivity (Wildman–Crippen MR) is 69.3 cm³/mol. The zero-order chi connectivity index (χ0) is 11.7. The molecule has 2 heteroatoms. The second kappa shape index (κ2) is 9.17. The smallest absolute Gasteiger partial charge is 0.0217 e. The van der Waals surface area contributed by atoms with Crippen molar-refractivity contribution in [3.8, 4) is 0 Å². The minimum Gasteiger partial charge on any atom is -0.312 e. The van der Waals surface area contributed by atoms with Gasteiger partial charge in [-0.3, -0.25) is 0 Å². The lowest BCUT2D eigenvalue weighted by Gasteiger charge is -2.27. The largest absolute Gasteiger partial charge is 0.312 e. The fraction of sp³-hybridized carbons (Fsp3) is 1.00. The molecule has 0 aliphatic rings. The van der Waals surface area contributed by atoms with E-state index < -0.39 is 0 Å². The first-order valence-electron chi connectivity index (χ1n) is 6.53. The maximum Gasteiger partial charge on any atom is 0.0217 e. The summed E-state index contributed by atoms with van der Waals surface area (Å²) in [5.41, 5.74) is 0. The topological polar surface area (TPSA) is 15.3 Å². The lowest BCUT2D eigenvalue weighted by molar-refractivity contribution is 0.252. The summed E-state index contributed by atoms with van der Waals surface area (Å²) in [4.78, 5) is 2.46. The molecule has 0 aliphatic carbocycles. The zero-order valence-corrected chi connectivity index (χ0v) is 11.3. The van der Waals surface area contributed by atoms with Gasteiger partial charge in [-0.25, -0.2) is 0 Å². The molecule has 0 aromatic carbocycles. The minimum absolute atomic E-state index is 0.645. The highest BCUT2D eigenvalue weighted by Crippen LogP contribution is 2.04. The monoisotopic (exact) mass is 214 g/mol. The average molecular weight is 214 g/mol. The molecule has 0 fully saturated rings. The number of unbranched alkanes of at least 4 members (excludes halogenated alkanes) is 1. The molecule has 0 amide bonds. The molecule has 1 unspecified atom stereocenters. The van der Waals surface area contributed by atoms with Crippen LogP contribution < -0.4 is 5.32 Å². The molecule has 0 rings (SSSR count). The molecule has 0 aromatic rings. The maximum absolute atomic E-state index is 3.63. The highest BCUT2D eigenvalue weighted by Gasteiger charge is 2.13. The van der Waals surface area contributed by atoms with Gasteiger partial charge in [-0.05, 0) is 38.9 Å². The molecular formula is C13H30N2. The Morgan fingerprint density at radius 2 is 1.80 bits per heavy atom. The predicted octanol–water partition coefficient (Wildman–Crippen LogP) is 2.74. The normalized spacial score (nSPS) is 13.8. The third kappa shape index (κ3) is 7.80. The molecule has 0 radical (unpaired) electrons. The van der Waals surface area contributed by atoms with E-state index in [1.54, 1.807) is 0 Å². The maximum atomic E-state index is 3.63. The summed E-state index contributed by atoms with van der Waals surface area (Å²) < 4.78 is 0. The first kappa shape index (κ1) is 14.9. The molecule has 1 N–H and O–H groups in total. The van der Waals surface area contributed by atoms with Crippen LogP contribution in [0.3, 0.4) is 0 Å². The van der Waals surface area contributed by atoms with Crippen LogP contribution in [0.15, 0.2) is 0 Å². The van der Waals surface area contributed by atoms with Gasteiger partial charge in [0.1, 0.15) is 0 Å². The molecular weight excluding hydrogens is 184 g/mol. The highest BCUT2D eigenvalue weighted by atomic mass is 15.1. The van der Waals surface area contributed by atoms with E-state index in [1.807, 2.05) is 0 Å². The van der Waals surface area contributed by atoms with Crippen molar-refractivity contribution in [3.63, 3.8) is 0 Å². The van der Waals surface area contributed by atoms with Crippen molar-refractivity contribution < 1.29 is 0 Å². The molecule has 0 heterocycles. The van der Waals surface area contributed by atoms with Crippen molar-refractivity contribution in [2.24, 2.45) is 5.92 Å². The van der Waals surface area contributed by atoms with Gasteiger partial charge in [0.15, 0.2) is 0 Å². The van der Waals surface area contributed by atoms with E-state index in [2.05, 4.69) is 45.0 Å². The van der Waals surface area contributed by atoms with Crippen LogP contribution in [0.1, 0.15) is 47.0 Å². The summed E-state index contributed by atoms with van der Waals surface area (Å²) in [6, 6.07) is 0.645. The Kier molecular flexibility index (Phi) is 9.12. The van der Waals surface area contributed by atoms with Crippen LogP contribution in [-0.4, -0.2) is 37.6 Å². The number of hydrogen-bond donors (Lipinski definition) is 1. The fourth-order valence-corrected chi connectivity index (χ4v) is 1.70. The van der Waals surface area contributed by atoms with Crippen molar-refractivity contribution in [2.45, 2.75) is 53.0 Å². The minimum atomic E-state index is 0.645. The lowest BCUT2D eigenvalue weighted by Crippen LogP contribution is -2.43. The van der Waals surface area contributed by atoms with Crippen LogP contribution in [0, 0.1) is 5.92 Å². The Morgan fingerprint density at radius 1 is 1.13 bits per heavy atom. The van der Waals surface area contributed by atoms with Gasteiger partial charge in [-0.15, -0.1) is 0 Å². The Labute approximate surface area is 96.4 Å². The third-order valence-corrected chi connectivity index (χ3v) is 2.86. The van der Waals surface area contributed by atoms with Crippen LogP contribution in [0.2, 0.25) is 0 Å². The van der Waals surface area contributed by atoms with Gasteiger partial charge < -0.3 is 10.2 Å². The molecule has 2 nitrogen and oxygen atoms in total. The fourth-order valence-electron chi connectivity index (χ4n) is 1.70. The van der Waals surface area contributed by atoms with Gasteiger partial charge in [-0.2, -0.15) is 0 Å². The summed E-state index contributed by atoms with van der Waals surface area (Å²) >= 11 is 0. The lowest BCUT2D eigenvalue weighted by atomic mass is 10.0. The van der Waals surface area contributed by atoms with Gasteiger partial charge in [0, 0.05) is 12.6 Å². The Hall–Kier alpha value is -0.0800. The van der Waals surface area contributed by atoms with Crippen LogP contribution in [0.4, 0.5) is 0 Å². The van der Waals surface area contributed by atoms with Crippen molar-refractivity contribution in [1.29, 1.82) is 0 Å². The Bertz CT molecular complexity index is 134. The molecule has 1 atom stereocenters. The third-order valence-electron chi connectivity index (χ3n) is 2.86. The van der Waals surface area contributed by atoms with Crippen molar-refractivity contribution >= 4 is 0 Å². The zero-order valence-electron chi connectivity index (χ0n) is 11.3. The number of rotatable bonds is 9. The molecule has 0 aliphatic heterocycles. The summed E-state index contributed by atoms with van der Waals surface area (Å²) in [5.74, 6) is 0.723. The Morgan fingerprint density at radius 3 is 2.27 bits per heavy atom. The summed E-state index contributed by atoms with van der Waals surface area (Å²) in [5, 5.41) is 3.63. The second-order valence-electron chi connectivity index (χ2n) is 4.92. The van der Waals surface area contributed by atoms with Crippen molar-refractivity contribution in [3.05, 3.63) is 0 Å². The van der Waals surface area contributed by atoms with Crippen LogP contribution in [0.5, 0.6) is 0 Å². The van der Waals surface area contributed by atoms with Gasteiger partial charge in [0.05, 0.1) is 0 Å². The van der Waals surface area contributed by atoms with E-state index in [-0.39, 0.29) is 0 Å². The van der Waals surface area contributed by atoms with Crippen LogP contribution in [0.25, 0.3) is 0 Å². The molecule has 0 saturated heterocycles. The van der Waals surface area contributed by atoms with Gasteiger partial charge in [0.2, 0.25) is 0 Å². The molecule has 0 saturated carbocycles. The molecule has 0 bridgehead atoms. The van der Waals surface area contributed by atoms with Crippen molar-refractivity contribution in [2.75, 3.05) is 26.7 Å². The first-order chi connectivity index (χ1) is 7.11. The van der Waals surface area contributed by atoms with Gasteiger partial charge in [-0.1, -0.05) is 34.1 Å². The SMILES string of the molecule is CCCCN(C)CC(NCCC)C(C)C. The Balaban J connectivity index is 3.81. The molecule has 0 aromatic heterocycles. The molecule has 92 valence electrons. The molecule has 0 spiro atoms. The van der Waals surface area contributed by atoms with Gasteiger partial charge >= 0.3 is 0 Å². The summed E-state index contributed by atoms with van der Waals surface area (Å²) in [7, 11) is 2.23. The highest BCUT2D eigenvalue weighted by molar-refractivity contribution is 4.73. The number of likely N-dealkylation sites (N-methyl/N-ethyl adjacent to an activating group) is 1. The van der Waals surface area contributed by atoms with E-state index in [4.69, 9.17) is 0 Å². The van der Waals surface area contributed by atoms with E-state index in [0.717, 1.165) is 12.5 Å². The van der Waals surface area contributed by atoms with Crippen molar-refractivity contribution in [1.82, 2.24) is 10.2 Å². The number of hydrogen-bond acceptors (Lipinski definition) is 2. The van der Waals surface area contributed by atoms with E-state index in [9.17, 15) is 0 Å². The quantitative estimate of drug-likeness (QED) is 0.635. The number of nitrogens with one attached hydrogen (secondary N) is 1. The standard InChI is InChI=1S/C13H30N2/c1-6-8-10-15(5)11-13(12(3)4)14-9-7-2/h12-14H,6-11H2,1-5H3. The first-order valence-corrected chi connectivity index (χ1v) is 6.53. The van der Waals surface area contributed by atoms with E-state index in [1.165, 1.54) is 32.4 Å². The average Bonchev–Trinajstić information content (AvgIpc) is 2.20. The summed E-state index contributed by atoms with van der Waals surface area (Å²) in [6.45, 7) is 12.6. The molecule has 15 heavy (non-hydrogen) atoms. The van der Waals surface area contributed by atoms with Crippen LogP contribution >= 0.6 is 0 Å². The van der Waals surface area contributed by atoms with Gasteiger partial charge in [0.25, 0.3) is 0 Å².